The Bertz CT molecular complexity index is 1810. The van der Waals surface area contributed by atoms with Crippen LogP contribution in [0.3, 0.4) is 0 Å². The van der Waals surface area contributed by atoms with Crippen LogP contribution >= 0.6 is 11.8 Å². The van der Waals surface area contributed by atoms with Gasteiger partial charge in [0, 0.05) is 53.2 Å². The molecular weight excluding hydrogens is 653 g/mol. The third-order valence-corrected chi connectivity index (χ3v) is 9.28. The number of halogens is 3. The van der Waals surface area contributed by atoms with Crippen LogP contribution in [0.15, 0.2) is 85.1 Å². The molecule has 1 aliphatic rings. The third kappa shape index (κ3) is 9.62. The molecule has 0 radical (unpaired) electrons. The first-order valence-electron chi connectivity index (χ1n) is 16.0. The van der Waals surface area contributed by atoms with E-state index < -0.39 is 29.7 Å². The molecule has 1 fully saturated rings. The topological polar surface area (TPSA) is 112 Å². The lowest BCUT2D eigenvalue weighted by Gasteiger charge is -2.29. The Labute approximate surface area is 287 Å². The van der Waals surface area contributed by atoms with Gasteiger partial charge in [-0.1, -0.05) is 24.3 Å². The summed E-state index contributed by atoms with van der Waals surface area (Å²) in [6, 6.07) is 20.2. The fourth-order valence-electron chi connectivity index (χ4n) is 5.62. The molecule has 3 aromatic carbocycles. The SMILES string of the molecule is CC(NC(=O)c1ccnc(-c2cc(N3CCCCC3)ccc2NC(=O)c2cccc(CSCCC(=O)O)c2)c1)c1cccc(C(F)(F)F)c1. The number of nitrogens with zero attached hydrogens (tertiary/aromatic N) is 2. The lowest BCUT2D eigenvalue weighted by atomic mass is 10.0. The quantitative estimate of drug-likeness (QED) is 0.129. The first-order valence-corrected chi connectivity index (χ1v) is 17.2. The van der Waals surface area contributed by atoms with Crippen LogP contribution in [-0.2, 0) is 16.7 Å². The van der Waals surface area contributed by atoms with Crippen LogP contribution in [-0.4, -0.2) is 46.7 Å². The zero-order chi connectivity index (χ0) is 35.0. The van der Waals surface area contributed by atoms with Crippen molar-refractivity contribution in [3.8, 4) is 11.3 Å². The number of amides is 2. The summed E-state index contributed by atoms with van der Waals surface area (Å²) in [7, 11) is 0. The zero-order valence-corrected chi connectivity index (χ0v) is 27.7. The first-order chi connectivity index (χ1) is 23.5. The van der Waals surface area contributed by atoms with Crippen molar-refractivity contribution in [2.75, 3.05) is 29.1 Å². The average molecular weight is 691 g/mol. The molecule has 1 atom stereocenters. The van der Waals surface area contributed by atoms with Crippen molar-refractivity contribution in [2.24, 2.45) is 0 Å². The van der Waals surface area contributed by atoms with Gasteiger partial charge in [-0.05, 0) is 91.9 Å². The molecule has 1 unspecified atom stereocenters. The number of nitrogens with one attached hydrogen (secondary N) is 2. The van der Waals surface area contributed by atoms with Gasteiger partial charge < -0.3 is 20.6 Å². The summed E-state index contributed by atoms with van der Waals surface area (Å²) in [5, 5.41) is 14.7. The Hall–Kier alpha value is -4.84. The number of thioether (sulfide) groups is 1. The summed E-state index contributed by atoms with van der Waals surface area (Å²) in [6.45, 7) is 3.41. The highest BCUT2D eigenvalue weighted by molar-refractivity contribution is 7.98. The molecule has 1 aliphatic heterocycles. The Morgan fingerprint density at radius 3 is 2.43 bits per heavy atom. The van der Waals surface area contributed by atoms with Crippen LogP contribution < -0.4 is 15.5 Å². The van der Waals surface area contributed by atoms with Gasteiger partial charge >= 0.3 is 12.1 Å². The van der Waals surface area contributed by atoms with Crippen molar-refractivity contribution in [3.63, 3.8) is 0 Å². The zero-order valence-electron chi connectivity index (χ0n) is 26.9. The minimum Gasteiger partial charge on any atom is -0.481 e. The van der Waals surface area contributed by atoms with E-state index in [1.165, 1.54) is 36.2 Å². The van der Waals surface area contributed by atoms with Crippen LogP contribution in [0.2, 0.25) is 0 Å². The van der Waals surface area contributed by atoms with E-state index >= 15 is 0 Å². The van der Waals surface area contributed by atoms with E-state index in [0.29, 0.717) is 39.6 Å². The van der Waals surface area contributed by atoms with Gasteiger partial charge in [0.05, 0.1) is 29.4 Å². The maximum atomic E-state index is 13.5. The third-order valence-electron chi connectivity index (χ3n) is 8.25. The van der Waals surface area contributed by atoms with Crippen LogP contribution in [0.1, 0.15) is 76.1 Å². The van der Waals surface area contributed by atoms with Crippen LogP contribution in [0.4, 0.5) is 24.5 Å². The normalized spacial score (nSPS) is 13.8. The fraction of sp³-hybridized carbons (Fsp3) is 0.297. The molecule has 256 valence electrons. The van der Waals surface area contributed by atoms with Gasteiger partial charge in [0.25, 0.3) is 11.8 Å². The predicted molar refractivity (Wildman–Crippen MR) is 186 cm³/mol. The number of aliphatic carboxylic acids is 1. The number of carboxylic acids is 1. The second kappa shape index (κ2) is 16.0. The minimum atomic E-state index is -4.50. The molecule has 5 rings (SSSR count). The van der Waals surface area contributed by atoms with Crippen molar-refractivity contribution in [1.82, 2.24) is 10.3 Å². The summed E-state index contributed by atoms with van der Waals surface area (Å²) < 4.78 is 39.8. The fourth-order valence-corrected chi connectivity index (χ4v) is 6.49. The number of hydrogen-bond donors (Lipinski definition) is 3. The molecule has 1 aromatic heterocycles. The number of alkyl halides is 3. The highest BCUT2D eigenvalue weighted by Gasteiger charge is 2.31. The summed E-state index contributed by atoms with van der Waals surface area (Å²) in [5.74, 6) is -0.646. The van der Waals surface area contributed by atoms with E-state index in [1.54, 1.807) is 31.2 Å². The smallest absolute Gasteiger partial charge is 0.416 e. The number of anilines is 2. The summed E-state index contributed by atoms with van der Waals surface area (Å²) in [4.78, 5) is 44.5. The molecule has 4 aromatic rings. The van der Waals surface area contributed by atoms with Gasteiger partial charge in [-0.25, -0.2) is 0 Å². The van der Waals surface area contributed by atoms with Gasteiger partial charge in [0.2, 0.25) is 0 Å². The second-order valence-corrected chi connectivity index (χ2v) is 13.0. The highest BCUT2D eigenvalue weighted by Crippen LogP contribution is 2.34. The first kappa shape index (κ1) is 35.5. The van der Waals surface area contributed by atoms with Gasteiger partial charge in [0.1, 0.15) is 0 Å². The van der Waals surface area contributed by atoms with Gasteiger partial charge in [-0.3, -0.25) is 19.4 Å². The summed E-state index contributed by atoms with van der Waals surface area (Å²) in [6.07, 6.45) is 0.344. The lowest BCUT2D eigenvalue weighted by Crippen LogP contribution is -2.29. The molecule has 3 N–H and O–H groups in total. The van der Waals surface area contributed by atoms with Crippen LogP contribution in [0, 0.1) is 0 Å². The van der Waals surface area contributed by atoms with Gasteiger partial charge in [0.15, 0.2) is 0 Å². The van der Waals surface area contributed by atoms with Crippen molar-refractivity contribution in [1.29, 1.82) is 0 Å². The maximum Gasteiger partial charge on any atom is 0.416 e. The Morgan fingerprint density at radius 1 is 0.918 bits per heavy atom. The molecule has 49 heavy (non-hydrogen) atoms. The number of piperidine rings is 1. The Kier molecular flexibility index (Phi) is 11.6. The van der Waals surface area contributed by atoms with Crippen molar-refractivity contribution >= 4 is 40.9 Å². The number of pyridine rings is 1. The molecule has 8 nitrogen and oxygen atoms in total. The number of aromatic nitrogens is 1. The number of benzene rings is 3. The van der Waals surface area contributed by atoms with Gasteiger partial charge in [-0.2, -0.15) is 24.9 Å². The molecule has 2 heterocycles. The van der Waals surface area contributed by atoms with E-state index in [-0.39, 0.29) is 17.9 Å². The summed E-state index contributed by atoms with van der Waals surface area (Å²) in [5.41, 5.74) is 3.63. The second-order valence-electron chi connectivity index (χ2n) is 11.9. The van der Waals surface area contributed by atoms with Crippen LogP contribution in [0.25, 0.3) is 11.3 Å². The minimum absolute atomic E-state index is 0.0623. The molecule has 1 saturated heterocycles. The molecular formula is C37H37F3N4O4S. The average Bonchev–Trinajstić information content (AvgIpc) is 3.10. The monoisotopic (exact) mass is 690 g/mol. The molecule has 0 saturated carbocycles. The van der Waals surface area contributed by atoms with Crippen molar-refractivity contribution in [2.45, 2.75) is 50.6 Å². The standard InChI is InChI=1S/C37H37F3N4O4S/c1-24(26-8-6-10-29(20-26)37(38,39)40)42-35(47)28-13-15-41-33(21-28)31-22-30(44-16-3-2-4-17-44)11-12-32(31)43-36(48)27-9-5-7-25(19-27)23-49-18-14-34(45)46/h5-13,15,19-22,24H,2-4,14,16-18,23H2,1H3,(H,42,47)(H,43,48)(H,45,46). The molecule has 0 aliphatic carbocycles. The van der Waals surface area contributed by atoms with E-state index in [1.807, 2.05) is 24.3 Å². The van der Waals surface area contributed by atoms with E-state index in [0.717, 1.165) is 55.7 Å². The van der Waals surface area contributed by atoms with Gasteiger partial charge in [-0.15, -0.1) is 0 Å². The van der Waals surface area contributed by atoms with E-state index in [4.69, 9.17) is 5.11 Å². The Balaban J connectivity index is 1.39. The van der Waals surface area contributed by atoms with Crippen molar-refractivity contribution in [3.05, 3.63) is 113 Å². The van der Waals surface area contributed by atoms with Crippen molar-refractivity contribution < 1.29 is 32.7 Å². The maximum absolute atomic E-state index is 13.5. The molecule has 2 amide bonds. The largest absolute Gasteiger partial charge is 0.481 e. The predicted octanol–water partition coefficient (Wildman–Crippen LogP) is 8.21. The molecule has 0 spiro atoms. The molecule has 0 bridgehead atoms. The number of hydrogen-bond acceptors (Lipinski definition) is 6. The number of rotatable bonds is 12. The molecule has 12 heteroatoms. The lowest BCUT2D eigenvalue weighted by molar-refractivity contribution is -0.138. The number of carboxylic acid groups (broad SMARTS) is 1. The van der Waals surface area contributed by atoms with Crippen LogP contribution in [0.5, 0.6) is 0 Å². The summed E-state index contributed by atoms with van der Waals surface area (Å²) >= 11 is 1.48. The van der Waals surface area contributed by atoms with E-state index in [9.17, 15) is 27.6 Å². The van der Waals surface area contributed by atoms with E-state index in [2.05, 4.69) is 20.5 Å². The number of carbonyl (C=O) groups is 3. The highest BCUT2D eigenvalue weighted by atomic mass is 32.2. The Morgan fingerprint density at radius 2 is 1.67 bits per heavy atom. The number of carbonyl (C=O) groups excluding carboxylic acids is 2.